The maximum absolute atomic E-state index is 13.0. The molecule has 0 saturated heterocycles. The monoisotopic (exact) mass is 398 g/mol. The zero-order valence-electron chi connectivity index (χ0n) is 12.6. The van der Waals surface area contributed by atoms with Crippen LogP contribution in [0.1, 0.15) is 5.56 Å². The van der Waals surface area contributed by atoms with Crippen molar-refractivity contribution >= 4 is 44.7 Å². The average Bonchev–Trinajstić information content (AvgIpc) is 3.30. The van der Waals surface area contributed by atoms with Crippen molar-refractivity contribution in [2.45, 2.75) is 11.3 Å². The van der Waals surface area contributed by atoms with Crippen molar-refractivity contribution in [3.63, 3.8) is 0 Å². The molecule has 25 heavy (non-hydrogen) atoms. The van der Waals surface area contributed by atoms with Gasteiger partial charge in [-0.15, -0.1) is 27.8 Å². The highest BCUT2D eigenvalue weighted by Crippen LogP contribution is 2.45. The minimum Gasteiger partial charge on any atom is -0.257 e. The number of thioether (sulfide) groups is 1. The Labute approximate surface area is 152 Å². The van der Waals surface area contributed by atoms with Gasteiger partial charge in [-0.2, -0.15) is 13.2 Å². The SMILES string of the molecule is CSc1n[nH]c(-c2sc3cc(C(F)(F)F)cnc3c2-c2cccs2)n1. The Bertz CT molecular complexity index is 1030. The quantitative estimate of drug-likeness (QED) is 0.460. The molecule has 4 nitrogen and oxygen atoms in total. The van der Waals surface area contributed by atoms with Crippen LogP contribution >= 0.6 is 34.4 Å². The van der Waals surface area contributed by atoms with Crippen molar-refractivity contribution < 1.29 is 13.2 Å². The smallest absolute Gasteiger partial charge is 0.257 e. The number of nitrogens with zero attached hydrogens (tertiary/aromatic N) is 3. The molecule has 0 aliphatic heterocycles. The Morgan fingerprint density at radius 1 is 1.28 bits per heavy atom. The Morgan fingerprint density at radius 3 is 2.76 bits per heavy atom. The van der Waals surface area contributed by atoms with E-state index in [1.54, 1.807) is 0 Å². The highest BCUT2D eigenvalue weighted by Gasteiger charge is 2.32. The van der Waals surface area contributed by atoms with Gasteiger partial charge in [0.05, 0.1) is 20.7 Å². The third-order valence-electron chi connectivity index (χ3n) is 3.49. The van der Waals surface area contributed by atoms with Gasteiger partial charge in [-0.25, -0.2) is 4.98 Å². The van der Waals surface area contributed by atoms with E-state index in [0.29, 0.717) is 21.2 Å². The molecule has 0 spiro atoms. The number of rotatable bonds is 3. The van der Waals surface area contributed by atoms with Crippen LogP contribution in [-0.2, 0) is 6.18 Å². The van der Waals surface area contributed by atoms with Gasteiger partial charge in [0.15, 0.2) is 5.82 Å². The first-order valence-electron chi connectivity index (χ1n) is 6.97. The molecule has 0 atom stereocenters. The third kappa shape index (κ3) is 2.94. The number of pyridine rings is 1. The summed E-state index contributed by atoms with van der Waals surface area (Å²) in [5.41, 5.74) is 0.568. The number of thiophene rings is 2. The molecular weight excluding hydrogens is 389 g/mol. The molecule has 4 rings (SSSR count). The van der Waals surface area contributed by atoms with Crippen molar-refractivity contribution in [1.29, 1.82) is 0 Å². The van der Waals surface area contributed by atoms with Gasteiger partial charge in [0, 0.05) is 16.6 Å². The normalized spacial score (nSPS) is 12.2. The summed E-state index contributed by atoms with van der Waals surface area (Å²) in [7, 11) is 0. The molecule has 0 radical (unpaired) electrons. The maximum atomic E-state index is 13.0. The second-order valence-electron chi connectivity index (χ2n) is 5.02. The summed E-state index contributed by atoms with van der Waals surface area (Å²) in [6.07, 6.45) is -1.69. The first-order chi connectivity index (χ1) is 12.0. The standard InChI is InChI=1S/C15H9F3N4S3/c1-23-14-20-13(21-22-14)12-10(8-3-2-4-24-8)11-9(25-12)5-7(6-19-11)15(16,17)18/h2-6H,1H3,(H,20,21,22). The van der Waals surface area contributed by atoms with Crippen LogP contribution in [0.5, 0.6) is 0 Å². The molecule has 4 heterocycles. The van der Waals surface area contributed by atoms with Crippen LogP contribution in [-0.4, -0.2) is 26.4 Å². The van der Waals surface area contributed by atoms with E-state index in [2.05, 4.69) is 20.2 Å². The van der Waals surface area contributed by atoms with Crippen LogP contribution in [0, 0.1) is 0 Å². The molecule has 0 aromatic carbocycles. The fraction of sp³-hybridized carbons (Fsp3) is 0.133. The van der Waals surface area contributed by atoms with Gasteiger partial charge < -0.3 is 0 Å². The van der Waals surface area contributed by atoms with Crippen molar-refractivity contribution in [3.05, 3.63) is 35.3 Å². The number of nitrogens with one attached hydrogen (secondary N) is 1. The van der Waals surface area contributed by atoms with E-state index in [9.17, 15) is 13.2 Å². The van der Waals surface area contributed by atoms with Crippen LogP contribution in [0.15, 0.2) is 34.9 Å². The summed E-state index contributed by atoms with van der Waals surface area (Å²) in [5.74, 6) is 0.532. The number of H-pyrrole nitrogens is 1. The molecule has 0 amide bonds. The van der Waals surface area contributed by atoms with Crippen molar-refractivity contribution in [2.24, 2.45) is 0 Å². The van der Waals surface area contributed by atoms with Gasteiger partial charge in [-0.1, -0.05) is 17.8 Å². The summed E-state index contributed by atoms with van der Waals surface area (Å²) in [6, 6.07) is 4.95. The van der Waals surface area contributed by atoms with E-state index in [0.717, 1.165) is 27.6 Å². The number of hydrogen-bond acceptors (Lipinski definition) is 6. The molecular formula is C15H9F3N4S3. The predicted molar refractivity (Wildman–Crippen MR) is 95.1 cm³/mol. The summed E-state index contributed by atoms with van der Waals surface area (Å²) in [5, 5.41) is 9.46. The summed E-state index contributed by atoms with van der Waals surface area (Å²) in [4.78, 5) is 10.2. The highest BCUT2D eigenvalue weighted by molar-refractivity contribution is 7.98. The second-order valence-corrected chi connectivity index (χ2v) is 7.80. The van der Waals surface area contributed by atoms with Gasteiger partial charge in [-0.3, -0.25) is 10.1 Å². The van der Waals surface area contributed by atoms with E-state index < -0.39 is 11.7 Å². The molecule has 0 aliphatic carbocycles. The minimum absolute atomic E-state index is 0.468. The Balaban J connectivity index is 1.98. The second kappa shape index (κ2) is 6.11. The van der Waals surface area contributed by atoms with Gasteiger partial charge in [-0.05, 0) is 23.8 Å². The minimum atomic E-state index is -4.42. The average molecular weight is 398 g/mol. The molecule has 10 heteroatoms. The topological polar surface area (TPSA) is 54.5 Å². The third-order valence-corrected chi connectivity index (χ3v) is 6.05. The lowest BCUT2D eigenvalue weighted by atomic mass is 10.1. The van der Waals surface area contributed by atoms with Crippen LogP contribution < -0.4 is 0 Å². The molecule has 128 valence electrons. The lowest BCUT2D eigenvalue weighted by molar-refractivity contribution is -0.137. The number of alkyl halides is 3. The lowest BCUT2D eigenvalue weighted by Crippen LogP contribution is -2.04. The molecule has 0 fully saturated rings. The molecule has 0 saturated carbocycles. The zero-order valence-corrected chi connectivity index (χ0v) is 15.0. The number of fused-ring (bicyclic) bond motifs is 1. The van der Waals surface area contributed by atoms with Crippen LogP contribution in [0.4, 0.5) is 13.2 Å². The van der Waals surface area contributed by atoms with E-state index in [1.807, 2.05) is 23.8 Å². The van der Waals surface area contributed by atoms with Crippen molar-refractivity contribution in [2.75, 3.05) is 6.26 Å². The Hall–Kier alpha value is -1.91. The van der Waals surface area contributed by atoms with Gasteiger partial charge in [0.1, 0.15) is 0 Å². The highest BCUT2D eigenvalue weighted by atomic mass is 32.2. The molecule has 0 bridgehead atoms. The summed E-state index contributed by atoms with van der Waals surface area (Å²) >= 11 is 4.12. The van der Waals surface area contributed by atoms with Crippen LogP contribution in [0.2, 0.25) is 0 Å². The largest absolute Gasteiger partial charge is 0.417 e. The van der Waals surface area contributed by atoms with Gasteiger partial charge in [0.25, 0.3) is 0 Å². The number of halogens is 3. The Morgan fingerprint density at radius 2 is 2.12 bits per heavy atom. The maximum Gasteiger partial charge on any atom is 0.417 e. The summed E-state index contributed by atoms with van der Waals surface area (Å²) in [6.45, 7) is 0. The van der Waals surface area contributed by atoms with Gasteiger partial charge >= 0.3 is 6.18 Å². The van der Waals surface area contributed by atoms with E-state index in [1.165, 1.54) is 34.4 Å². The molecule has 0 unspecified atom stereocenters. The van der Waals surface area contributed by atoms with Gasteiger partial charge in [0.2, 0.25) is 5.16 Å². The number of aromatic amines is 1. The van der Waals surface area contributed by atoms with Crippen molar-refractivity contribution in [3.8, 4) is 21.1 Å². The zero-order chi connectivity index (χ0) is 17.6. The first kappa shape index (κ1) is 16.6. The van der Waals surface area contributed by atoms with E-state index in [4.69, 9.17) is 0 Å². The molecule has 0 aliphatic rings. The van der Waals surface area contributed by atoms with Crippen molar-refractivity contribution in [1.82, 2.24) is 20.2 Å². The fourth-order valence-electron chi connectivity index (χ4n) is 2.39. The molecule has 4 aromatic heterocycles. The van der Waals surface area contributed by atoms with E-state index >= 15 is 0 Å². The van der Waals surface area contributed by atoms with E-state index in [-0.39, 0.29) is 0 Å². The number of aromatic nitrogens is 4. The molecule has 4 aromatic rings. The number of hydrogen-bond donors (Lipinski definition) is 1. The fourth-order valence-corrected chi connectivity index (χ4v) is 4.70. The predicted octanol–water partition coefficient (Wildman–Crippen LogP) is 5.55. The first-order valence-corrected chi connectivity index (χ1v) is 9.90. The lowest BCUT2D eigenvalue weighted by Gasteiger charge is -2.05. The van der Waals surface area contributed by atoms with Crippen LogP contribution in [0.3, 0.4) is 0 Å². The Kier molecular flexibility index (Phi) is 4.05. The molecule has 1 N–H and O–H groups in total. The van der Waals surface area contributed by atoms with Crippen LogP contribution in [0.25, 0.3) is 31.4 Å². The summed E-state index contributed by atoms with van der Waals surface area (Å²) < 4.78 is 39.5.